The van der Waals surface area contributed by atoms with Gasteiger partial charge in [0.05, 0.1) is 6.42 Å². The Balaban J connectivity index is 2.42. The Labute approximate surface area is 130 Å². The average Bonchev–Trinajstić information content (AvgIpc) is 2.36. The molecule has 1 aromatic rings. The Morgan fingerprint density at radius 2 is 1.50 bits per heavy atom. The molecule has 0 aliphatic heterocycles. The zero-order valence-electron chi connectivity index (χ0n) is 13.4. The monoisotopic (exact) mass is 306 g/mol. The van der Waals surface area contributed by atoms with Crippen molar-refractivity contribution in [2.75, 3.05) is 17.2 Å². The van der Waals surface area contributed by atoms with Crippen molar-refractivity contribution < 1.29 is 19.1 Å². The Kier molecular flexibility index (Phi) is 6.10. The van der Waals surface area contributed by atoms with E-state index in [1.807, 2.05) is 20.8 Å². The van der Waals surface area contributed by atoms with Crippen LogP contribution in [0.25, 0.3) is 0 Å². The molecule has 0 aliphatic carbocycles. The second-order valence-electron chi connectivity index (χ2n) is 6.20. The molecule has 1 rings (SSSR count). The first-order chi connectivity index (χ1) is 10.2. The van der Waals surface area contributed by atoms with Crippen LogP contribution in [0.3, 0.4) is 0 Å². The van der Waals surface area contributed by atoms with Gasteiger partial charge in [0.25, 0.3) is 5.91 Å². The fraction of sp³-hybridized carbons (Fsp3) is 0.438. The van der Waals surface area contributed by atoms with Crippen molar-refractivity contribution in [1.82, 2.24) is 0 Å². The van der Waals surface area contributed by atoms with Crippen LogP contribution in [0.4, 0.5) is 11.4 Å². The van der Waals surface area contributed by atoms with Crippen LogP contribution in [0.5, 0.6) is 0 Å². The van der Waals surface area contributed by atoms with E-state index in [2.05, 4.69) is 10.6 Å². The highest BCUT2D eigenvalue weighted by atomic mass is 16.5. The van der Waals surface area contributed by atoms with E-state index in [9.17, 15) is 14.4 Å². The number of benzene rings is 1. The Bertz CT molecular complexity index is 544. The minimum Gasteiger partial charge on any atom is -0.456 e. The maximum Gasteiger partial charge on any atom is 0.306 e. The predicted molar refractivity (Wildman–Crippen MR) is 84.4 cm³/mol. The van der Waals surface area contributed by atoms with Crippen LogP contribution in [-0.2, 0) is 19.1 Å². The van der Waals surface area contributed by atoms with E-state index >= 15 is 0 Å². The number of carbonyl (C=O) groups excluding carboxylic acids is 3. The van der Waals surface area contributed by atoms with Crippen molar-refractivity contribution >= 4 is 29.2 Å². The summed E-state index contributed by atoms with van der Waals surface area (Å²) in [4.78, 5) is 34.1. The summed E-state index contributed by atoms with van der Waals surface area (Å²) in [5.41, 5.74) is 1.03. The number of hydrogen-bond acceptors (Lipinski definition) is 4. The largest absolute Gasteiger partial charge is 0.456 e. The van der Waals surface area contributed by atoms with Gasteiger partial charge in [-0.25, -0.2) is 0 Å². The van der Waals surface area contributed by atoms with Gasteiger partial charge in [-0.1, -0.05) is 20.8 Å². The second kappa shape index (κ2) is 7.59. The zero-order valence-corrected chi connectivity index (χ0v) is 13.4. The van der Waals surface area contributed by atoms with Gasteiger partial charge in [0.2, 0.25) is 5.91 Å². The lowest BCUT2D eigenvalue weighted by molar-refractivity contribution is -0.149. The van der Waals surface area contributed by atoms with Crippen molar-refractivity contribution in [2.45, 2.75) is 34.1 Å². The van der Waals surface area contributed by atoms with Gasteiger partial charge in [-0.15, -0.1) is 0 Å². The Hall–Kier alpha value is -2.37. The molecule has 0 heterocycles. The van der Waals surface area contributed by atoms with Gasteiger partial charge in [-0.3, -0.25) is 14.4 Å². The van der Waals surface area contributed by atoms with E-state index in [1.165, 1.54) is 6.92 Å². The molecule has 0 aliphatic rings. The summed E-state index contributed by atoms with van der Waals surface area (Å²) in [5, 5.41) is 5.24. The molecular formula is C16H22N2O4. The topological polar surface area (TPSA) is 84.5 Å². The van der Waals surface area contributed by atoms with Gasteiger partial charge in [0.1, 0.15) is 0 Å². The first-order valence-electron chi connectivity index (χ1n) is 6.99. The third-order valence-electron chi connectivity index (χ3n) is 2.53. The van der Waals surface area contributed by atoms with Crippen LogP contribution in [-0.4, -0.2) is 24.4 Å². The lowest BCUT2D eigenvalue weighted by Crippen LogP contribution is -2.23. The number of amides is 2. The predicted octanol–water partition coefficient (Wildman–Crippen LogP) is 2.56. The van der Waals surface area contributed by atoms with Crippen LogP contribution in [0.15, 0.2) is 24.3 Å². The number of nitrogens with one attached hydrogen (secondary N) is 2. The molecule has 0 fully saturated rings. The molecule has 120 valence electrons. The molecule has 2 amide bonds. The van der Waals surface area contributed by atoms with Gasteiger partial charge < -0.3 is 15.4 Å². The number of hydrogen-bond donors (Lipinski definition) is 2. The first kappa shape index (κ1) is 17.7. The fourth-order valence-electron chi connectivity index (χ4n) is 1.67. The van der Waals surface area contributed by atoms with Gasteiger partial charge >= 0.3 is 5.97 Å². The Morgan fingerprint density at radius 1 is 1.00 bits per heavy atom. The van der Waals surface area contributed by atoms with Crippen molar-refractivity contribution in [3.05, 3.63) is 24.3 Å². The molecule has 0 saturated carbocycles. The van der Waals surface area contributed by atoms with E-state index in [-0.39, 0.29) is 24.3 Å². The van der Waals surface area contributed by atoms with Crippen molar-refractivity contribution in [2.24, 2.45) is 5.41 Å². The quantitative estimate of drug-likeness (QED) is 0.819. The van der Waals surface area contributed by atoms with E-state index in [4.69, 9.17) is 4.74 Å². The summed E-state index contributed by atoms with van der Waals surface area (Å²) in [6, 6.07) is 6.64. The smallest absolute Gasteiger partial charge is 0.306 e. The van der Waals surface area contributed by atoms with Gasteiger partial charge in [0.15, 0.2) is 6.61 Å². The molecule has 22 heavy (non-hydrogen) atoms. The third kappa shape index (κ3) is 7.42. The van der Waals surface area contributed by atoms with Gasteiger partial charge in [-0.05, 0) is 29.7 Å². The highest BCUT2D eigenvalue weighted by Gasteiger charge is 2.17. The van der Waals surface area contributed by atoms with Crippen LogP contribution >= 0.6 is 0 Å². The number of ether oxygens (including phenoxy) is 1. The van der Waals surface area contributed by atoms with Gasteiger partial charge in [-0.2, -0.15) is 0 Å². The summed E-state index contributed by atoms with van der Waals surface area (Å²) >= 11 is 0. The number of esters is 1. The lowest BCUT2D eigenvalue weighted by atomic mass is 9.93. The zero-order chi connectivity index (χ0) is 16.8. The summed E-state index contributed by atoms with van der Waals surface area (Å²) in [6.45, 7) is 6.87. The highest BCUT2D eigenvalue weighted by molar-refractivity contribution is 5.93. The van der Waals surface area contributed by atoms with Crippen LogP contribution < -0.4 is 10.6 Å². The SMILES string of the molecule is CC(=O)Nc1ccc(NC(=O)COC(=O)CC(C)(C)C)cc1. The third-order valence-corrected chi connectivity index (χ3v) is 2.53. The summed E-state index contributed by atoms with van der Waals surface area (Å²) in [6.07, 6.45) is 0.256. The van der Waals surface area contributed by atoms with Crippen molar-refractivity contribution in [1.29, 1.82) is 0 Å². The number of anilines is 2. The summed E-state index contributed by atoms with van der Waals surface area (Å²) in [7, 11) is 0. The van der Waals surface area contributed by atoms with Gasteiger partial charge in [0, 0.05) is 18.3 Å². The molecular weight excluding hydrogens is 284 g/mol. The molecule has 0 atom stereocenters. The van der Waals surface area contributed by atoms with E-state index in [0.717, 1.165) is 0 Å². The fourth-order valence-corrected chi connectivity index (χ4v) is 1.67. The number of rotatable bonds is 5. The maximum atomic E-state index is 11.7. The standard InChI is InChI=1S/C16H22N2O4/c1-11(19)17-12-5-7-13(8-6-12)18-14(20)10-22-15(21)9-16(2,3)4/h5-8H,9-10H2,1-4H3,(H,17,19)(H,18,20). The van der Waals surface area contributed by atoms with Crippen molar-refractivity contribution in [3.8, 4) is 0 Å². The van der Waals surface area contributed by atoms with Crippen LogP contribution in [0.2, 0.25) is 0 Å². The molecule has 0 radical (unpaired) electrons. The van der Waals surface area contributed by atoms with Crippen LogP contribution in [0.1, 0.15) is 34.1 Å². The van der Waals surface area contributed by atoms with Crippen LogP contribution in [0, 0.1) is 5.41 Å². The molecule has 6 nitrogen and oxygen atoms in total. The molecule has 6 heteroatoms. The molecule has 2 N–H and O–H groups in total. The van der Waals surface area contributed by atoms with E-state index in [1.54, 1.807) is 24.3 Å². The average molecular weight is 306 g/mol. The molecule has 0 unspecified atom stereocenters. The number of carbonyl (C=O) groups is 3. The molecule has 0 saturated heterocycles. The minimum atomic E-state index is -0.408. The molecule has 0 spiro atoms. The molecule has 0 aromatic heterocycles. The first-order valence-corrected chi connectivity index (χ1v) is 6.99. The molecule has 1 aromatic carbocycles. The molecule has 0 bridgehead atoms. The minimum absolute atomic E-state index is 0.164. The van der Waals surface area contributed by atoms with Crippen molar-refractivity contribution in [3.63, 3.8) is 0 Å². The lowest BCUT2D eigenvalue weighted by Gasteiger charge is -2.16. The highest BCUT2D eigenvalue weighted by Crippen LogP contribution is 2.19. The van der Waals surface area contributed by atoms with E-state index in [0.29, 0.717) is 11.4 Å². The Morgan fingerprint density at radius 3 is 1.95 bits per heavy atom. The second-order valence-corrected chi connectivity index (χ2v) is 6.20. The maximum absolute atomic E-state index is 11.7. The summed E-state index contributed by atoms with van der Waals surface area (Å²) < 4.78 is 4.92. The van der Waals surface area contributed by atoms with E-state index < -0.39 is 11.9 Å². The summed E-state index contributed by atoms with van der Waals surface area (Å²) in [5.74, 6) is -0.972. The normalized spacial score (nSPS) is 10.7.